The van der Waals surface area contributed by atoms with Gasteiger partial charge in [0.1, 0.15) is 6.61 Å². The van der Waals surface area contributed by atoms with E-state index >= 15 is 0 Å². The summed E-state index contributed by atoms with van der Waals surface area (Å²) in [6.45, 7) is 3.52. The van der Waals surface area contributed by atoms with Crippen LogP contribution >= 0.6 is 7.82 Å². The van der Waals surface area contributed by atoms with Crippen molar-refractivity contribution in [2.24, 2.45) is 0 Å². The molecule has 0 rings (SSSR count). The van der Waals surface area contributed by atoms with Crippen molar-refractivity contribution in [2.45, 2.75) is 168 Å². The molecular weight excluding hydrogens is 615 g/mol. The topological polar surface area (TPSA) is 119 Å². The smallest absolute Gasteiger partial charge is 0.462 e. The predicted octanol–water partition coefficient (Wildman–Crippen LogP) is 10.8. The second-order valence-electron chi connectivity index (χ2n) is 12.2. The fraction of sp³-hybridized carbons (Fsp3) is 0.737. The molecule has 0 saturated carbocycles. The summed E-state index contributed by atoms with van der Waals surface area (Å²) in [5.74, 6) is -0.934. The van der Waals surface area contributed by atoms with Crippen LogP contribution in [0, 0.1) is 0 Å². The van der Waals surface area contributed by atoms with Gasteiger partial charge in [0.15, 0.2) is 6.10 Å². The van der Waals surface area contributed by atoms with Crippen molar-refractivity contribution >= 4 is 19.8 Å². The van der Waals surface area contributed by atoms with Gasteiger partial charge in [-0.3, -0.25) is 14.1 Å². The average molecular weight is 683 g/mol. The Morgan fingerprint density at radius 2 is 1.02 bits per heavy atom. The van der Waals surface area contributed by atoms with Crippen LogP contribution < -0.4 is 0 Å². The van der Waals surface area contributed by atoms with Crippen molar-refractivity contribution in [1.82, 2.24) is 0 Å². The van der Waals surface area contributed by atoms with E-state index in [1.807, 2.05) is 0 Å². The van der Waals surface area contributed by atoms with Crippen LogP contribution in [0.5, 0.6) is 0 Å². The van der Waals surface area contributed by atoms with Gasteiger partial charge in [0.2, 0.25) is 0 Å². The van der Waals surface area contributed by atoms with Crippen LogP contribution in [0.25, 0.3) is 0 Å². The van der Waals surface area contributed by atoms with Crippen molar-refractivity contribution < 1.29 is 37.9 Å². The van der Waals surface area contributed by atoms with Gasteiger partial charge in [-0.1, -0.05) is 146 Å². The maximum atomic E-state index is 12.3. The Kier molecular flexibility index (Phi) is 32.5. The highest BCUT2D eigenvalue weighted by atomic mass is 31.2. The molecule has 0 aliphatic heterocycles. The molecule has 0 radical (unpaired) electrons. The summed E-state index contributed by atoms with van der Waals surface area (Å²) >= 11 is 0. The quantitative estimate of drug-likeness (QED) is 0.0304. The van der Waals surface area contributed by atoms with E-state index in [9.17, 15) is 14.2 Å². The summed E-state index contributed by atoms with van der Waals surface area (Å²) in [5.41, 5.74) is 0. The number of ether oxygens (including phenoxy) is 2. The van der Waals surface area contributed by atoms with Crippen LogP contribution in [0.2, 0.25) is 0 Å². The van der Waals surface area contributed by atoms with Gasteiger partial charge in [0.25, 0.3) is 0 Å². The molecule has 2 N–H and O–H groups in total. The number of unbranched alkanes of at least 4 members (excludes halogenated alkanes) is 15. The standard InChI is InChI=1S/C38H67O8P/c1-3-5-7-9-11-13-15-17-19-21-22-24-26-28-30-32-37(39)44-34-36(35-45-47(41,42)43)46-38(40)33-31-29-27-25-23-20-18-16-14-12-10-8-6-4-2/h5,7,11,13,17,19,22,24,36H,3-4,6,8-10,12,14-16,18,20-21,23,25-35H2,1-2H3,(H2,41,42,43)/b7-5+,13-11+,19-17+,24-22+/t36-/m1/s1. The van der Waals surface area contributed by atoms with Gasteiger partial charge in [0.05, 0.1) is 6.61 Å². The molecule has 0 aliphatic rings. The van der Waals surface area contributed by atoms with E-state index in [0.717, 1.165) is 57.8 Å². The molecule has 272 valence electrons. The van der Waals surface area contributed by atoms with Crippen LogP contribution in [-0.2, 0) is 28.2 Å². The highest BCUT2D eigenvalue weighted by molar-refractivity contribution is 7.46. The minimum Gasteiger partial charge on any atom is -0.462 e. The van der Waals surface area contributed by atoms with Crippen LogP contribution in [0.3, 0.4) is 0 Å². The first-order valence-corrected chi connectivity index (χ1v) is 20.0. The lowest BCUT2D eigenvalue weighted by molar-refractivity contribution is -0.161. The summed E-state index contributed by atoms with van der Waals surface area (Å²) in [6.07, 6.45) is 39.8. The van der Waals surface area contributed by atoms with Crippen molar-refractivity contribution in [1.29, 1.82) is 0 Å². The van der Waals surface area contributed by atoms with Crippen molar-refractivity contribution in [3.8, 4) is 0 Å². The Balaban J connectivity index is 4.05. The molecule has 0 bridgehead atoms. The molecule has 0 aromatic heterocycles. The first-order chi connectivity index (χ1) is 22.8. The van der Waals surface area contributed by atoms with E-state index in [4.69, 9.17) is 19.3 Å². The Morgan fingerprint density at radius 1 is 0.574 bits per heavy atom. The van der Waals surface area contributed by atoms with Crippen LogP contribution in [0.1, 0.15) is 162 Å². The van der Waals surface area contributed by atoms with Crippen LogP contribution in [0.15, 0.2) is 48.6 Å². The number of phosphoric ester groups is 1. The predicted molar refractivity (Wildman–Crippen MR) is 193 cm³/mol. The summed E-state index contributed by atoms with van der Waals surface area (Å²) < 4.78 is 26.2. The van der Waals surface area contributed by atoms with Crippen molar-refractivity contribution in [3.05, 3.63) is 48.6 Å². The number of allylic oxidation sites excluding steroid dienone is 8. The summed E-state index contributed by atoms with van der Waals surface area (Å²) in [4.78, 5) is 42.6. The molecule has 0 heterocycles. The molecule has 47 heavy (non-hydrogen) atoms. The van der Waals surface area contributed by atoms with Gasteiger partial charge in [-0.15, -0.1) is 0 Å². The number of hydrogen-bond donors (Lipinski definition) is 2. The number of carbonyl (C=O) groups excluding carboxylic acids is 2. The summed E-state index contributed by atoms with van der Waals surface area (Å²) in [5, 5.41) is 0. The van der Waals surface area contributed by atoms with Crippen LogP contribution in [-0.4, -0.2) is 41.0 Å². The van der Waals surface area contributed by atoms with Crippen molar-refractivity contribution in [3.63, 3.8) is 0 Å². The molecule has 1 atom stereocenters. The highest BCUT2D eigenvalue weighted by Gasteiger charge is 2.22. The van der Waals surface area contributed by atoms with Crippen LogP contribution in [0.4, 0.5) is 0 Å². The zero-order valence-electron chi connectivity index (χ0n) is 29.7. The zero-order valence-corrected chi connectivity index (χ0v) is 30.6. The Morgan fingerprint density at radius 3 is 1.53 bits per heavy atom. The fourth-order valence-corrected chi connectivity index (χ4v) is 5.25. The molecule has 0 aromatic rings. The molecule has 0 aliphatic carbocycles. The Labute approximate surface area is 286 Å². The maximum absolute atomic E-state index is 12.3. The lowest BCUT2D eigenvalue weighted by atomic mass is 10.0. The van der Waals surface area contributed by atoms with E-state index in [-0.39, 0.29) is 19.4 Å². The fourth-order valence-electron chi connectivity index (χ4n) is 4.89. The number of rotatable bonds is 33. The number of hydrogen-bond acceptors (Lipinski definition) is 6. The first-order valence-electron chi connectivity index (χ1n) is 18.4. The lowest BCUT2D eigenvalue weighted by Crippen LogP contribution is -2.29. The molecule has 0 amide bonds. The zero-order chi connectivity index (χ0) is 34.7. The lowest BCUT2D eigenvalue weighted by Gasteiger charge is -2.18. The summed E-state index contributed by atoms with van der Waals surface area (Å²) in [7, 11) is -4.76. The SMILES string of the molecule is CC/C=C/C/C=C/C/C=C/C/C=C/CCCCC(=O)OC[C@H](COP(=O)(O)O)OC(=O)CCCCCCCCCCCCCCCC. The molecule has 0 saturated heterocycles. The molecule has 0 aromatic carbocycles. The minimum absolute atomic E-state index is 0.204. The largest absolute Gasteiger partial charge is 0.469 e. The molecule has 0 unspecified atom stereocenters. The second-order valence-corrected chi connectivity index (χ2v) is 13.4. The van der Waals surface area contributed by atoms with E-state index in [0.29, 0.717) is 12.8 Å². The van der Waals surface area contributed by atoms with Gasteiger partial charge in [-0.2, -0.15) is 0 Å². The highest BCUT2D eigenvalue weighted by Crippen LogP contribution is 2.36. The van der Waals surface area contributed by atoms with Gasteiger partial charge < -0.3 is 19.3 Å². The first kappa shape index (κ1) is 45.0. The number of carbonyl (C=O) groups is 2. The summed E-state index contributed by atoms with van der Waals surface area (Å²) in [6, 6.07) is 0. The minimum atomic E-state index is -4.76. The van der Waals surface area contributed by atoms with E-state index < -0.39 is 32.5 Å². The third-order valence-electron chi connectivity index (χ3n) is 7.61. The molecule has 0 fully saturated rings. The van der Waals surface area contributed by atoms with E-state index in [2.05, 4.69) is 67.0 Å². The molecule has 0 spiro atoms. The Hall–Kier alpha value is -1.99. The average Bonchev–Trinajstić information content (AvgIpc) is 3.03. The van der Waals surface area contributed by atoms with E-state index in [1.54, 1.807) is 0 Å². The van der Waals surface area contributed by atoms with Gasteiger partial charge in [0, 0.05) is 12.8 Å². The van der Waals surface area contributed by atoms with E-state index in [1.165, 1.54) is 64.2 Å². The number of esters is 2. The molecule has 8 nitrogen and oxygen atoms in total. The molecular formula is C38H67O8P. The van der Waals surface area contributed by atoms with Crippen molar-refractivity contribution in [2.75, 3.05) is 13.2 Å². The monoisotopic (exact) mass is 682 g/mol. The van der Waals surface area contributed by atoms with Gasteiger partial charge >= 0.3 is 19.8 Å². The molecule has 9 heteroatoms. The number of phosphoric acid groups is 1. The maximum Gasteiger partial charge on any atom is 0.469 e. The third-order valence-corrected chi connectivity index (χ3v) is 8.10. The normalized spacial score (nSPS) is 13.0. The Bertz CT molecular complexity index is 905. The third kappa shape index (κ3) is 36.7. The van der Waals surface area contributed by atoms with Gasteiger partial charge in [-0.25, -0.2) is 4.57 Å². The van der Waals surface area contributed by atoms with Gasteiger partial charge in [-0.05, 0) is 51.4 Å². The second kappa shape index (κ2) is 33.9.